The van der Waals surface area contributed by atoms with Gasteiger partial charge in [0.2, 0.25) is 0 Å². The molecule has 1 aliphatic rings. The average molecular weight is 431 g/mol. The summed E-state index contributed by atoms with van der Waals surface area (Å²) in [6.45, 7) is 4.11. The summed E-state index contributed by atoms with van der Waals surface area (Å²) in [7, 11) is 1.64. The van der Waals surface area contributed by atoms with Gasteiger partial charge in [-0.15, -0.1) is 5.10 Å². The second-order valence-corrected chi connectivity index (χ2v) is 7.20. The summed E-state index contributed by atoms with van der Waals surface area (Å²) in [6.07, 6.45) is -4.60. The van der Waals surface area contributed by atoms with Crippen LogP contribution in [-0.4, -0.2) is 64.2 Å². The molecule has 1 N–H and O–H groups in total. The van der Waals surface area contributed by atoms with E-state index < -0.39 is 11.7 Å². The zero-order valence-electron chi connectivity index (χ0n) is 16.8. The van der Waals surface area contributed by atoms with Crippen molar-refractivity contribution in [2.45, 2.75) is 6.18 Å². The lowest BCUT2D eigenvalue weighted by Gasteiger charge is -2.27. The average Bonchev–Trinajstić information content (AvgIpc) is 3.14. The van der Waals surface area contributed by atoms with E-state index in [0.717, 1.165) is 32.2 Å². The van der Waals surface area contributed by atoms with Crippen molar-refractivity contribution in [2.75, 3.05) is 39.3 Å². The Morgan fingerprint density at radius 2 is 2.00 bits per heavy atom. The third-order valence-corrected chi connectivity index (χ3v) is 5.16. The van der Waals surface area contributed by atoms with Gasteiger partial charge >= 0.3 is 6.18 Å². The smallest absolute Gasteiger partial charge is 0.419 e. The fourth-order valence-electron chi connectivity index (χ4n) is 3.51. The molecular weight excluding hydrogens is 411 g/mol. The van der Waals surface area contributed by atoms with Gasteiger partial charge in [0.25, 0.3) is 0 Å². The first kappa shape index (κ1) is 21.0. The van der Waals surface area contributed by atoms with E-state index in [2.05, 4.69) is 25.5 Å². The van der Waals surface area contributed by atoms with Gasteiger partial charge in [-0.2, -0.15) is 18.4 Å². The highest BCUT2D eigenvalue weighted by atomic mass is 19.4. The largest absolute Gasteiger partial charge is 0.492 e. The molecule has 1 aliphatic heterocycles. The van der Waals surface area contributed by atoms with Gasteiger partial charge in [0.1, 0.15) is 23.9 Å². The van der Waals surface area contributed by atoms with Crippen LogP contribution in [0.2, 0.25) is 0 Å². The number of piperazine rings is 1. The maximum atomic E-state index is 13.7. The molecule has 0 bridgehead atoms. The number of alkyl halides is 3. The first-order valence-electron chi connectivity index (χ1n) is 9.75. The summed E-state index contributed by atoms with van der Waals surface area (Å²) in [4.78, 5) is 6.32. The van der Waals surface area contributed by atoms with Crippen molar-refractivity contribution in [1.82, 2.24) is 30.2 Å². The number of ether oxygens (including phenoxy) is 1. The first-order chi connectivity index (χ1) is 14.9. The van der Waals surface area contributed by atoms with Crippen LogP contribution in [0, 0.1) is 11.3 Å². The van der Waals surface area contributed by atoms with Crippen LogP contribution in [-0.2, 0) is 13.2 Å². The van der Waals surface area contributed by atoms with E-state index >= 15 is 0 Å². The topological polar surface area (TPSA) is 91.9 Å². The van der Waals surface area contributed by atoms with Gasteiger partial charge in [0, 0.05) is 45.3 Å². The van der Waals surface area contributed by atoms with Gasteiger partial charge < -0.3 is 10.1 Å². The maximum absolute atomic E-state index is 13.7. The number of hydrogen-bond donors (Lipinski definition) is 1. The number of hydrogen-bond acceptors (Lipinski definition) is 7. The summed E-state index contributed by atoms with van der Waals surface area (Å²) in [5.74, 6) is -0.227. The molecule has 0 atom stereocenters. The Kier molecular flexibility index (Phi) is 5.75. The molecule has 1 fully saturated rings. The van der Waals surface area contributed by atoms with Crippen molar-refractivity contribution in [3.05, 3.63) is 35.5 Å². The zero-order valence-corrected chi connectivity index (χ0v) is 16.8. The van der Waals surface area contributed by atoms with Gasteiger partial charge in [-0.05, 0) is 24.3 Å². The van der Waals surface area contributed by atoms with E-state index in [4.69, 9.17) is 4.74 Å². The maximum Gasteiger partial charge on any atom is 0.419 e. The number of fused-ring (bicyclic) bond motifs is 1. The van der Waals surface area contributed by atoms with Crippen LogP contribution in [0.25, 0.3) is 22.3 Å². The molecule has 0 aliphatic carbocycles. The van der Waals surface area contributed by atoms with Crippen molar-refractivity contribution >= 4 is 11.0 Å². The molecule has 0 spiro atoms. The third-order valence-electron chi connectivity index (χ3n) is 5.16. The molecule has 11 heteroatoms. The van der Waals surface area contributed by atoms with Gasteiger partial charge in [0.15, 0.2) is 5.69 Å². The highest BCUT2D eigenvalue weighted by molar-refractivity contribution is 5.83. The van der Waals surface area contributed by atoms with Crippen molar-refractivity contribution in [2.24, 2.45) is 7.05 Å². The van der Waals surface area contributed by atoms with E-state index in [1.807, 2.05) is 6.07 Å². The molecule has 0 saturated carbocycles. The first-order valence-corrected chi connectivity index (χ1v) is 9.75. The van der Waals surface area contributed by atoms with Crippen LogP contribution in [0.15, 0.2) is 24.3 Å². The van der Waals surface area contributed by atoms with Crippen molar-refractivity contribution in [1.29, 1.82) is 5.26 Å². The Hall–Kier alpha value is -3.23. The second-order valence-electron chi connectivity index (χ2n) is 7.20. The predicted octanol–water partition coefficient (Wildman–Crippen LogP) is 2.20. The minimum atomic E-state index is -4.60. The van der Waals surface area contributed by atoms with Gasteiger partial charge in [-0.3, -0.25) is 4.90 Å². The lowest BCUT2D eigenvalue weighted by molar-refractivity contribution is -0.138. The lowest BCUT2D eigenvalue weighted by Crippen LogP contribution is -2.44. The summed E-state index contributed by atoms with van der Waals surface area (Å²) >= 11 is 0. The number of benzene rings is 1. The number of rotatable bonds is 5. The van der Waals surface area contributed by atoms with Crippen LogP contribution in [0.1, 0.15) is 11.3 Å². The predicted molar refractivity (Wildman–Crippen MR) is 106 cm³/mol. The molecular formula is C20H20F3N7O. The normalized spacial score (nSPS) is 15.2. The lowest BCUT2D eigenvalue weighted by atomic mass is 10.1. The van der Waals surface area contributed by atoms with E-state index in [1.54, 1.807) is 13.1 Å². The number of aryl methyl sites for hydroxylation is 1. The third kappa shape index (κ3) is 4.45. The molecule has 31 heavy (non-hydrogen) atoms. The molecule has 0 amide bonds. The molecule has 2 aromatic heterocycles. The minimum absolute atomic E-state index is 0.00510. The van der Waals surface area contributed by atoms with E-state index in [0.29, 0.717) is 17.6 Å². The zero-order chi connectivity index (χ0) is 22.0. The SMILES string of the molecule is Cn1nnc2c(C#N)nc(-c3ccc(OCCN4CCNCC4)c(C(F)(F)F)c3)cc21. The van der Waals surface area contributed by atoms with Crippen molar-refractivity contribution in [3.8, 4) is 23.1 Å². The second kappa shape index (κ2) is 8.49. The monoisotopic (exact) mass is 431 g/mol. The van der Waals surface area contributed by atoms with Crippen molar-refractivity contribution in [3.63, 3.8) is 0 Å². The highest BCUT2D eigenvalue weighted by Crippen LogP contribution is 2.39. The molecule has 3 aromatic rings. The van der Waals surface area contributed by atoms with Gasteiger partial charge in [-0.25, -0.2) is 9.67 Å². The van der Waals surface area contributed by atoms with Crippen LogP contribution in [0.4, 0.5) is 13.2 Å². The molecule has 3 heterocycles. The molecule has 0 unspecified atom stereocenters. The van der Waals surface area contributed by atoms with Gasteiger partial charge in [0.05, 0.1) is 16.8 Å². The summed E-state index contributed by atoms with van der Waals surface area (Å²) < 4.78 is 48.2. The Labute approximate surface area is 176 Å². The highest BCUT2D eigenvalue weighted by Gasteiger charge is 2.35. The van der Waals surface area contributed by atoms with Gasteiger partial charge in [-0.1, -0.05) is 5.21 Å². The van der Waals surface area contributed by atoms with E-state index in [1.165, 1.54) is 16.8 Å². The number of nitrogens with zero attached hydrogens (tertiary/aromatic N) is 6. The summed E-state index contributed by atoms with van der Waals surface area (Å²) in [5, 5.41) is 20.3. The quantitative estimate of drug-likeness (QED) is 0.662. The van der Waals surface area contributed by atoms with Crippen molar-refractivity contribution < 1.29 is 17.9 Å². The number of aromatic nitrogens is 4. The summed E-state index contributed by atoms with van der Waals surface area (Å²) in [6, 6.07) is 7.30. The molecule has 4 rings (SSSR count). The molecule has 162 valence electrons. The standard InChI is InChI=1S/C20H20F3N7O/c1-29-17-11-15(26-16(12-24)19(17)27-28-29)13-2-3-18(14(10-13)20(21,22)23)31-9-8-30-6-4-25-5-7-30/h2-3,10-11,25H,4-9H2,1H3. The van der Waals surface area contributed by atoms with Crippen LogP contribution in [0.3, 0.4) is 0 Å². The Bertz CT molecular complexity index is 1130. The Morgan fingerprint density at radius 1 is 1.23 bits per heavy atom. The number of nitriles is 1. The fraction of sp³-hybridized carbons (Fsp3) is 0.400. The van der Waals surface area contributed by atoms with Crippen LogP contribution < -0.4 is 10.1 Å². The minimum Gasteiger partial charge on any atom is -0.492 e. The molecule has 1 saturated heterocycles. The molecule has 0 radical (unpaired) electrons. The van der Waals surface area contributed by atoms with Crippen LogP contribution in [0.5, 0.6) is 5.75 Å². The summed E-state index contributed by atoms with van der Waals surface area (Å²) in [5.41, 5.74) is 0.386. The van der Waals surface area contributed by atoms with E-state index in [-0.39, 0.29) is 29.3 Å². The van der Waals surface area contributed by atoms with Crippen LogP contribution >= 0.6 is 0 Å². The Balaban J connectivity index is 1.63. The molecule has 1 aromatic carbocycles. The number of pyridine rings is 1. The number of halogens is 3. The van der Waals surface area contributed by atoms with E-state index in [9.17, 15) is 18.4 Å². The Morgan fingerprint density at radius 3 is 2.71 bits per heavy atom. The molecule has 8 nitrogen and oxygen atoms in total. The fourth-order valence-corrected chi connectivity index (χ4v) is 3.51. The number of nitrogens with one attached hydrogen (secondary N) is 1.